The van der Waals surface area contributed by atoms with Crippen molar-refractivity contribution < 1.29 is 13.5 Å². The largest absolute Gasteiger partial charge is 0.376 e. The third kappa shape index (κ3) is 3.73. The Morgan fingerprint density at radius 2 is 1.96 bits per heavy atom. The van der Waals surface area contributed by atoms with E-state index in [0.717, 1.165) is 42.7 Å². The number of rotatable bonds is 5. The maximum atomic E-state index is 13.5. The molecule has 1 unspecified atom stereocenters. The molecule has 1 fully saturated rings. The summed E-state index contributed by atoms with van der Waals surface area (Å²) < 4.78 is 32.5. The number of anilines is 1. The van der Waals surface area contributed by atoms with Crippen molar-refractivity contribution in [3.8, 4) is 11.3 Å². The summed E-state index contributed by atoms with van der Waals surface area (Å²) in [7, 11) is 0. The van der Waals surface area contributed by atoms with Gasteiger partial charge >= 0.3 is 0 Å². The Hall–Kier alpha value is -2.67. The first-order valence-electron chi connectivity index (χ1n) is 8.97. The van der Waals surface area contributed by atoms with Gasteiger partial charge in [0.1, 0.15) is 5.69 Å². The Morgan fingerprint density at radius 1 is 1.15 bits per heavy atom. The molecule has 7 heteroatoms. The number of pyridine rings is 1. The van der Waals surface area contributed by atoms with E-state index in [1.807, 2.05) is 6.07 Å². The van der Waals surface area contributed by atoms with Gasteiger partial charge in [-0.1, -0.05) is 24.3 Å². The van der Waals surface area contributed by atoms with Crippen LogP contribution >= 0.6 is 0 Å². The highest BCUT2D eigenvalue weighted by Crippen LogP contribution is 2.32. The van der Waals surface area contributed by atoms with Crippen LogP contribution < -0.4 is 5.32 Å². The number of nitrogens with one attached hydrogen (secondary N) is 1. The molecule has 1 aromatic carbocycles. The summed E-state index contributed by atoms with van der Waals surface area (Å²) in [5, 5.41) is 13.7. The molecule has 1 aliphatic rings. The van der Waals surface area contributed by atoms with E-state index in [4.69, 9.17) is 4.74 Å². The van der Waals surface area contributed by atoms with Crippen molar-refractivity contribution in [1.82, 2.24) is 15.2 Å². The Morgan fingerprint density at radius 3 is 2.67 bits per heavy atom. The van der Waals surface area contributed by atoms with E-state index < -0.39 is 5.92 Å². The minimum Gasteiger partial charge on any atom is -0.376 e. The molecule has 0 bridgehead atoms. The van der Waals surface area contributed by atoms with Gasteiger partial charge in [-0.25, -0.2) is 8.78 Å². The van der Waals surface area contributed by atoms with Gasteiger partial charge in [-0.2, -0.15) is 0 Å². The number of halogens is 2. The number of ether oxygens (including phenoxy) is 1. The normalized spacial score (nSPS) is 17.4. The van der Waals surface area contributed by atoms with Crippen LogP contribution in [-0.4, -0.2) is 34.4 Å². The molecule has 0 aliphatic carbocycles. The minimum atomic E-state index is -2.87. The molecule has 2 aromatic heterocycles. The molecule has 5 nitrogen and oxygen atoms in total. The lowest BCUT2D eigenvalue weighted by Gasteiger charge is -2.14. The zero-order valence-electron chi connectivity index (χ0n) is 15.0. The number of fused-ring (bicyclic) bond motifs is 1. The van der Waals surface area contributed by atoms with Crippen molar-refractivity contribution >= 4 is 16.6 Å². The second-order valence-corrected chi connectivity index (χ2v) is 6.80. The number of aromatic nitrogens is 3. The van der Waals surface area contributed by atoms with Crippen LogP contribution in [0.5, 0.6) is 0 Å². The van der Waals surface area contributed by atoms with Crippen molar-refractivity contribution in [3.63, 3.8) is 0 Å². The van der Waals surface area contributed by atoms with E-state index in [1.54, 1.807) is 24.5 Å². The first-order valence-corrected chi connectivity index (χ1v) is 8.97. The lowest BCUT2D eigenvalue weighted by Crippen LogP contribution is -2.19. The first-order chi connectivity index (χ1) is 13.0. The number of alkyl halides is 2. The number of nitrogens with zero attached hydrogens (tertiary/aromatic N) is 3. The van der Waals surface area contributed by atoms with Crippen molar-refractivity contribution in [1.29, 1.82) is 0 Å². The fourth-order valence-corrected chi connectivity index (χ4v) is 3.28. The highest BCUT2D eigenvalue weighted by Gasteiger charge is 2.24. The van der Waals surface area contributed by atoms with E-state index in [2.05, 4.69) is 20.5 Å². The predicted molar refractivity (Wildman–Crippen MR) is 99.8 cm³/mol. The van der Waals surface area contributed by atoms with E-state index in [9.17, 15) is 8.78 Å². The number of benzene rings is 1. The SMILES string of the molecule is CC(F)(F)c1ccc(-c2nnc(NCC3CCCO3)c3cnccc23)cc1. The van der Waals surface area contributed by atoms with Gasteiger partial charge in [0.15, 0.2) is 5.82 Å². The monoisotopic (exact) mass is 370 g/mol. The third-order valence-electron chi connectivity index (χ3n) is 4.77. The Labute approximate surface area is 155 Å². The Bertz CT molecular complexity index is 935. The lowest BCUT2D eigenvalue weighted by molar-refractivity contribution is 0.0175. The van der Waals surface area contributed by atoms with Crippen LogP contribution in [0.4, 0.5) is 14.6 Å². The van der Waals surface area contributed by atoms with Crippen LogP contribution in [0.25, 0.3) is 22.0 Å². The highest BCUT2D eigenvalue weighted by atomic mass is 19.3. The maximum Gasteiger partial charge on any atom is 0.270 e. The molecule has 0 saturated carbocycles. The second kappa shape index (κ2) is 7.15. The van der Waals surface area contributed by atoms with Crippen molar-refractivity contribution in [2.45, 2.75) is 31.8 Å². The molecular weight excluding hydrogens is 350 g/mol. The highest BCUT2D eigenvalue weighted by molar-refractivity contribution is 5.99. The fraction of sp³-hybridized carbons (Fsp3) is 0.350. The van der Waals surface area contributed by atoms with Crippen molar-refractivity contribution in [2.24, 2.45) is 0 Å². The number of hydrogen-bond acceptors (Lipinski definition) is 5. The van der Waals surface area contributed by atoms with Crippen LogP contribution in [0.2, 0.25) is 0 Å². The summed E-state index contributed by atoms with van der Waals surface area (Å²) in [6.07, 6.45) is 5.71. The van der Waals surface area contributed by atoms with E-state index >= 15 is 0 Å². The van der Waals surface area contributed by atoms with Gasteiger partial charge in [-0.05, 0) is 18.9 Å². The molecule has 1 N–H and O–H groups in total. The molecule has 4 rings (SSSR count). The summed E-state index contributed by atoms with van der Waals surface area (Å²) in [5.41, 5.74) is 1.35. The van der Waals surface area contributed by atoms with Crippen LogP contribution in [0.3, 0.4) is 0 Å². The molecule has 140 valence electrons. The summed E-state index contributed by atoms with van der Waals surface area (Å²) in [6, 6.07) is 8.01. The maximum absolute atomic E-state index is 13.5. The molecule has 3 aromatic rings. The summed E-state index contributed by atoms with van der Waals surface area (Å²) >= 11 is 0. The molecule has 3 heterocycles. The van der Waals surface area contributed by atoms with Crippen LogP contribution in [0, 0.1) is 0 Å². The Balaban J connectivity index is 1.67. The summed E-state index contributed by atoms with van der Waals surface area (Å²) in [5.74, 6) is -2.22. The molecule has 1 saturated heterocycles. The van der Waals surface area contributed by atoms with Gasteiger partial charge in [0.25, 0.3) is 5.92 Å². The van der Waals surface area contributed by atoms with Crippen LogP contribution in [-0.2, 0) is 10.7 Å². The zero-order chi connectivity index (χ0) is 18.9. The fourth-order valence-electron chi connectivity index (χ4n) is 3.28. The molecule has 0 spiro atoms. The Kier molecular flexibility index (Phi) is 4.70. The molecule has 0 radical (unpaired) electrons. The molecule has 0 amide bonds. The van der Waals surface area contributed by atoms with E-state index in [-0.39, 0.29) is 11.7 Å². The van der Waals surface area contributed by atoms with E-state index in [0.29, 0.717) is 18.1 Å². The van der Waals surface area contributed by atoms with Gasteiger partial charge in [0.05, 0.1) is 6.10 Å². The summed E-state index contributed by atoms with van der Waals surface area (Å²) in [6.45, 7) is 2.35. The standard InChI is InChI=1S/C20H20F2N4O/c1-20(21,22)14-6-4-13(5-7-14)18-16-8-9-23-12-17(16)19(26-25-18)24-11-15-3-2-10-27-15/h4-9,12,15H,2-3,10-11H2,1H3,(H,24,26). The summed E-state index contributed by atoms with van der Waals surface area (Å²) in [4.78, 5) is 4.20. The van der Waals surface area contributed by atoms with Gasteiger partial charge < -0.3 is 10.1 Å². The molecule has 1 atom stereocenters. The molecule has 27 heavy (non-hydrogen) atoms. The van der Waals surface area contributed by atoms with Crippen molar-refractivity contribution in [2.75, 3.05) is 18.5 Å². The quantitative estimate of drug-likeness (QED) is 0.722. The molecular formula is C20H20F2N4O. The first kappa shape index (κ1) is 17.7. The van der Waals surface area contributed by atoms with Gasteiger partial charge in [0.2, 0.25) is 0 Å². The van der Waals surface area contributed by atoms with Crippen molar-refractivity contribution in [3.05, 3.63) is 48.3 Å². The lowest BCUT2D eigenvalue weighted by atomic mass is 10.0. The number of hydrogen-bond donors (Lipinski definition) is 1. The minimum absolute atomic E-state index is 0.0277. The van der Waals surface area contributed by atoms with Gasteiger partial charge in [-0.15, -0.1) is 10.2 Å². The predicted octanol–water partition coefficient (Wildman–Crippen LogP) is 4.39. The third-order valence-corrected chi connectivity index (χ3v) is 4.77. The van der Waals surface area contributed by atoms with Crippen LogP contribution in [0.15, 0.2) is 42.7 Å². The van der Waals surface area contributed by atoms with Crippen LogP contribution in [0.1, 0.15) is 25.3 Å². The topological polar surface area (TPSA) is 59.9 Å². The second-order valence-electron chi connectivity index (χ2n) is 6.80. The average molecular weight is 370 g/mol. The molecule has 1 aliphatic heterocycles. The van der Waals surface area contributed by atoms with E-state index in [1.165, 1.54) is 12.1 Å². The average Bonchev–Trinajstić information content (AvgIpc) is 3.19. The smallest absolute Gasteiger partial charge is 0.270 e. The zero-order valence-corrected chi connectivity index (χ0v) is 15.0. The van der Waals surface area contributed by atoms with Gasteiger partial charge in [0, 0.05) is 54.4 Å². The van der Waals surface area contributed by atoms with Gasteiger partial charge in [-0.3, -0.25) is 4.98 Å².